The van der Waals surface area contributed by atoms with Crippen LogP contribution >= 0.6 is 0 Å². The van der Waals surface area contributed by atoms with Crippen LogP contribution < -0.4 is 0 Å². The second-order valence-corrected chi connectivity index (χ2v) is 17.4. The van der Waals surface area contributed by atoms with Crippen LogP contribution in [0.15, 0.2) is 24.3 Å². The van der Waals surface area contributed by atoms with E-state index in [1.807, 2.05) is 0 Å². The summed E-state index contributed by atoms with van der Waals surface area (Å²) in [6, 6.07) is 5.25. The zero-order valence-corrected chi connectivity index (χ0v) is 25.7. The van der Waals surface area contributed by atoms with E-state index in [9.17, 15) is 24.8 Å². The summed E-state index contributed by atoms with van der Waals surface area (Å²) in [5.74, 6) is 0. The Bertz CT molecular complexity index is 1000. The van der Waals surface area contributed by atoms with E-state index in [0.29, 0.717) is 18.5 Å². The minimum absolute atomic E-state index is 0.00199. The zero-order chi connectivity index (χ0) is 29.8. The number of non-ortho nitro benzene ring substituents is 1. The fourth-order valence-corrected chi connectivity index (χ4v) is 5.34. The van der Waals surface area contributed by atoms with Gasteiger partial charge in [0.2, 0.25) is 0 Å². The lowest BCUT2D eigenvalue weighted by atomic mass is 10.0. The molecule has 1 N–H and O–H groups in total. The molecule has 1 aliphatic rings. The largest absolute Gasteiger partial charge is 0.445 e. The summed E-state index contributed by atoms with van der Waals surface area (Å²) < 4.78 is 17.5. The van der Waals surface area contributed by atoms with Crippen LogP contribution in [-0.2, 0) is 20.5 Å². The Labute approximate surface area is 232 Å². The Hall–Kier alpha value is -2.70. The van der Waals surface area contributed by atoms with Crippen LogP contribution in [0.5, 0.6) is 0 Å². The number of aliphatic hydroxyl groups is 1. The highest BCUT2D eigenvalue weighted by atomic mass is 28.4. The molecule has 3 atom stereocenters. The maximum absolute atomic E-state index is 13.0. The summed E-state index contributed by atoms with van der Waals surface area (Å²) in [5, 5.41) is 21.9. The number of carbonyl (C=O) groups excluding carboxylic acids is 2. The third-order valence-electron chi connectivity index (χ3n) is 7.23. The Morgan fingerprint density at radius 1 is 1.18 bits per heavy atom. The molecule has 1 heterocycles. The Kier molecular flexibility index (Phi) is 10.5. The van der Waals surface area contributed by atoms with Crippen LogP contribution in [0.4, 0.5) is 15.3 Å². The van der Waals surface area contributed by atoms with Crippen molar-refractivity contribution in [1.29, 1.82) is 0 Å². The predicted molar refractivity (Wildman–Crippen MR) is 150 cm³/mol. The summed E-state index contributed by atoms with van der Waals surface area (Å²) in [4.78, 5) is 38.7. The molecule has 0 radical (unpaired) electrons. The number of nitrogens with zero attached hydrogens (tertiary/aromatic N) is 3. The number of likely N-dealkylation sites (tertiary alicyclic amines) is 1. The van der Waals surface area contributed by atoms with Gasteiger partial charge in [-0.2, -0.15) is 0 Å². The number of aliphatic hydroxyl groups excluding tert-OH is 1. The van der Waals surface area contributed by atoms with E-state index >= 15 is 0 Å². The molecule has 0 saturated carbocycles. The van der Waals surface area contributed by atoms with E-state index in [4.69, 9.17) is 13.9 Å². The Morgan fingerprint density at radius 2 is 1.77 bits per heavy atom. The number of nitro benzene ring substituents is 1. The molecular weight excluding hydrogens is 522 g/mol. The van der Waals surface area contributed by atoms with Crippen molar-refractivity contribution in [3.63, 3.8) is 0 Å². The van der Waals surface area contributed by atoms with Gasteiger partial charge in [-0.3, -0.25) is 15.0 Å². The molecule has 1 aromatic rings. The van der Waals surface area contributed by atoms with E-state index in [2.05, 4.69) is 33.9 Å². The summed E-state index contributed by atoms with van der Waals surface area (Å²) in [5.41, 5.74) is -0.104. The lowest BCUT2D eigenvalue weighted by Gasteiger charge is -2.38. The van der Waals surface area contributed by atoms with Crippen molar-refractivity contribution in [2.75, 3.05) is 20.1 Å². The third-order valence-corrected chi connectivity index (χ3v) is 11.8. The smallest absolute Gasteiger partial charge is 0.410 e. The fraction of sp³-hybridized carbons (Fsp3) is 0.704. The average Bonchev–Trinajstić information content (AvgIpc) is 3.22. The monoisotopic (exact) mass is 567 g/mol. The van der Waals surface area contributed by atoms with Crippen LogP contribution in [0.3, 0.4) is 0 Å². The molecule has 1 aromatic carbocycles. The summed E-state index contributed by atoms with van der Waals surface area (Å²) in [6.07, 6.45) is -1.52. The van der Waals surface area contributed by atoms with Gasteiger partial charge in [-0.05, 0) is 69.4 Å². The van der Waals surface area contributed by atoms with Crippen molar-refractivity contribution in [3.05, 3.63) is 39.9 Å². The SMILES string of the molecule is CN(CC[C@@H](O)[C@@H]1C[C@@H](O[Si](C)(C)C(C)(C)C)CN1C(=O)OC(C)(C)C)C(=O)OCc1ccc([N+](=O)[O-])cc1. The van der Waals surface area contributed by atoms with Gasteiger partial charge >= 0.3 is 12.2 Å². The van der Waals surface area contributed by atoms with Crippen molar-refractivity contribution in [1.82, 2.24) is 9.80 Å². The van der Waals surface area contributed by atoms with Gasteiger partial charge in [0.25, 0.3) is 5.69 Å². The number of ether oxygens (including phenoxy) is 2. The van der Waals surface area contributed by atoms with Crippen molar-refractivity contribution >= 4 is 26.2 Å². The topological polar surface area (TPSA) is 132 Å². The molecule has 0 aromatic heterocycles. The number of hydrogen-bond donors (Lipinski definition) is 1. The van der Waals surface area contributed by atoms with E-state index < -0.39 is 43.2 Å². The first-order valence-electron chi connectivity index (χ1n) is 13.3. The molecule has 12 heteroatoms. The van der Waals surface area contributed by atoms with Gasteiger partial charge in [-0.25, -0.2) is 9.59 Å². The van der Waals surface area contributed by atoms with Crippen molar-refractivity contribution in [2.24, 2.45) is 0 Å². The highest BCUT2D eigenvalue weighted by Gasteiger charge is 2.46. The molecule has 1 saturated heterocycles. The minimum Gasteiger partial charge on any atom is -0.445 e. The minimum atomic E-state index is -2.11. The normalized spacial score (nSPS) is 19.0. The molecule has 11 nitrogen and oxygen atoms in total. The summed E-state index contributed by atoms with van der Waals surface area (Å²) in [6.45, 7) is 16.7. The lowest BCUT2D eigenvalue weighted by molar-refractivity contribution is -0.384. The van der Waals surface area contributed by atoms with Gasteiger partial charge < -0.3 is 23.9 Å². The van der Waals surface area contributed by atoms with E-state index in [-0.39, 0.29) is 36.4 Å². The van der Waals surface area contributed by atoms with Crippen LogP contribution in [0.25, 0.3) is 0 Å². The van der Waals surface area contributed by atoms with E-state index in [1.165, 1.54) is 29.2 Å². The maximum atomic E-state index is 13.0. The quantitative estimate of drug-likeness (QED) is 0.241. The van der Waals surface area contributed by atoms with Crippen LogP contribution in [0.2, 0.25) is 18.1 Å². The number of carbonyl (C=O) groups is 2. The Morgan fingerprint density at radius 3 is 2.28 bits per heavy atom. The molecule has 2 amide bonds. The van der Waals surface area contributed by atoms with Gasteiger partial charge in [-0.15, -0.1) is 0 Å². The molecule has 0 spiro atoms. The zero-order valence-electron chi connectivity index (χ0n) is 24.7. The first-order chi connectivity index (χ1) is 17.8. The van der Waals surface area contributed by atoms with Gasteiger partial charge in [0, 0.05) is 32.3 Å². The average molecular weight is 568 g/mol. The molecule has 0 bridgehead atoms. The number of hydrogen-bond acceptors (Lipinski definition) is 8. The Balaban J connectivity index is 2.00. The van der Waals surface area contributed by atoms with Gasteiger partial charge in [-0.1, -0.05) is 20.8 Å². The molecule has 0 aliphatic carbocycles. The lowest BCUT2D eigenvalue weighted by Crippen LogP contribution is -2.46. The number of nitro groups is 1. The second kappa shape index (κ2) is 12.6. The highest BCUT2D eigenvalue weighted by Crippen LogP contribution is 2.39. The first kappa shape index (κ1) is 32.5. The second-order valence-electron chi connectivity index (χ2n) is 12.7. The molecule has 220 valence electrons. The van der Waals surface area contributed by atoms with Crippen LogP contribution in [-0.4, -0.2) is 84.3 Å². The molecule has 0 unspecified atom stereocenters. The number of benzene rings is 1. The maximum Gasteiger partial charge on any atom is 0.410 e. The molecular formula is C27H45N3O8Si. The van der Waals surface area contributed by atoms with Gasteiger partial charge in [0.1, 0.15) is 12.2 Å². The van der Waals surface area contributed by atoms with Crippen LogP contribution in [0, 0.1) is 10.1 Å². The van der Waals surface area contributed by atoms with Crippen molar-refractivity contribution in [2.45, 2.75) is 103 Å². The van der Waals surface area contributed by atoms with Crippen molar-refractivity contribution < 1.29 is 33.5 Å². The highest BCUT2D eigenvalue weighted by molar-refractivity contribution is 6.74. The standard InChI is InChI=1S/C27H45N3O8Si/c1-26(2,3)37-25(33)29-17-21(38-39(8,9)27(4,5)6)16-22(29)23(31)14-15-28(7)24(32)36-18-19-10-12-20(13-11-19)30(34)35/h10-13,21-23,31H,14-18H2,1-9H3/t21-,22+,23-/m1/s1. The van der Waals surface area contributed by atoms with Crippen LogP contribution in [0.1, 0.15) is 59.9 Å². The molecule has 2 rings (SSSR count). The summed E-state index contributed by atoms with van der Waals surface area (Å²) in [7, 11) is -0.542. The number of rotatable bonds is 9. The third kappa shape index (κ3) is 9.47. The summed E-state index contributed by atoms with van der Waals surface area (Å²) >= 11 is 0. The number of amides is 2. The fourth-order valence-electron chi connectivity index (χ4n) is 3.98. The first-order valence-corrected chi connectivity index (χ1v) is 16.2. The van der Waals surface area contributed by atoms with Gasteiger partial charge in [0.15, 0.2) is 8.32 Å². The molecule has 39 heavy (non-hydrogen) atoms. The predicted octanol–water partition coefficient (Wildman–Crippen LogP) is 5.31. The molecule has 1 fully saturated rings. The van der Waals surface area contributed by atoms with Crippen molar-refractivity contribution in [3.8, 4) is 0 Å². The molecule has 1 aliphatic heterocycles. The van der Waals surface area contributed by atoms with E-state index in [0.717, 1.165) is 0 Å². The van der Waals surface area contributed by atoms with E-state index in [1.54, 1.807) is 32.7 Å². The van der Waals surface area contributed by atoms with Gasteiger partial charge in [0.05, 0.1) is 23.2 Å².